The SMILES string of the molecule is CCc1cccc(C)c1NC(=O)CCNc1ccc2c(c1)OCCO2. The number of hydrogen-bond acceptors (Lipinski definition) is 4. The Labute approximate surface area is 148 Å². The zero-order valence-electron chi connectivity index (χ0n) is 14.7. The highest BCUT2D eigenvalue weighted by Crippen LogP contribution is 2.32. The van der Waals surface area contributed by atoms with E-state index in [0.717, 1.165) is 40.4 Å². The van der Waals surface area contributed by atoms with Crippen molar-refractivity contribution >= 4 is 17.3 Å². The lowest BCUT2D eigenvalue weighted by Gasteiger charge is -2.19. The maximum atomic E-state index is 12.3. The minimum Gasteiger partial charge on any atom is -0.486 e. The number of carbonyl (C=O) groups is 1. The molecule has 0 saturated heterocycles. The molecular weight excluding hydrogens is 316 g/mol. The van der Waals surface area contributed by atoms with E-state index in [2.05, 4.69) is 23.6 Å². The van der Waals surface area contributed by atoms with E-state index in [-0.39, 0.29) is 5.91 Å². The molecule has 0 unspecified atom stereocenters. The van der Waals surface area contributed by atoms with Crippen LogP contribution in [0.15, 0.2) is 36.4 Å². The van der Waals surface area contributed by atoms with Crippen LogP contribution < -0.4 is 20.1 Å². The summed E-state index contributed by atoms with van der Waals surface area (Å²) in [5, 5.41) is 6.30. The fourth-order valence-electron chi connectivity index (χ4n) is 2.88. The van der Waals surface area contributed by atoms with Gasteiger partial charge in [-0.2, -0.15) is 0 Å². The lowest BCUT2D eigenvalue weighted by molar-refractivity contribution is -0.115. The molecule has 0 aromatic heterocycles. The molecule has 2 aromatic carbocycles. The summed E-state index contributed by atoms with van der Waals surface area (Å²) in [5.41, 5.74) is 4.11. The van der Waals surface area contributed by atoms with Gasteiger partial charge in [0, 0.05) is 30.4 Å². The van der Waals surface area contributed by atoms with Gasteiger partial charge in [0.05, 0.1) is 0 Å². The zero-order valence-corrected chi connectivity index (χ0v) is 14.7. The Kier molecular flexibility index (Phi) is 5.43. The molecule has 5 nitrogen and oxygen atoms in total. The molecule has 132 valence electrons. The fourth-order valence-corrected chi connectivity index (χ4v) is 2.88. The van der Waals surface area contributed by atoms with Gasteiger partial charge in [0.15, 0.2) is 11.5 Å². The molecule has 25 heavy (non-hydrogen) atoms. The number of benzene rings is 2. The van der Waals surface area contributed by atoms with Crippen LogP contribution in [0.1, 0.15) is 24.5 Å². The second-order valence-corrected chi connectivity index (χ2v) is 6.05. The zero-order chi connectivity index (χ0) is 17.6. The number of para-hydroxylation sites is 1. The first kappa shape index (κ1) is 17.1. The van der Waals surface area contributed by atoms with Crippen LogP contribution in [0.2, 0.25) is 0 Å². The number of ether oxygens (including phenoxy) is 2. The van der Waals surface area contributed by atoms with E-state index in [1.165, 1.54) is 0 Å². The number of nitrogens with one attached hydrogen (secondary N) is 2. The molecule has 1 aliphatic rings. The highest BCUT2D eigenvalue weighted by atomic mass is 16.6. The standard InChI is InChI=1S/C20H24N2O3/c1-3-15-6-4-5-14(2)20(15)22-19(23)9-10-21-16-7-8-17-18(13-16)25-12-11-24-17/h4-8,13,21H,3,9-12H2,1-2H3,(H,22,23). The molecule has 0 radical (unpaired) electrons. The van der Waals surface area contributed by atoms with Gasteiger partial charge in [-0.25, -0.2) is 0 Å². The summed E-state index contributed by atoms with van der Waals surface area (Å²) in [7, 11) is 0. The molecular formula is C20H24N2O3. The van der Waals surface area contributed by atoms with Crippen LogP contribution in [0, 0.1) is 6.92 Å². The number of rotatable bonds is 6. The van der Waals surface area contributed by atoms with Crippen molar-refractivity contribution in [1.82, 2.24) is 0 Å². The molecule has 0 saturated carbocycles. The van der Waals surface area contributed by atoms with Gasteiger partial charge in [0.25, 0.3) is 0 Å². The van der Waals surface area contributed by atoms with Gasteiger partial charge in [0.1, 0.15) is 13.2 Å². The minimum absolute atomic E-state index is 0.00837. The van der Waals surface area contributed by atoms with Gasteiger partial charge in [-0.1, -0.05) is 25.1 Å². The highest BCUT2D eigenvalue weighted by molar-refractivity contribution is 5.92. The van der Waals surface area contributed by atoms with Crippen LogP contribution in [-0.4, -0.2) is 25.7 Å². The highest BCUT2D eigenvalue weighted by Gasteiger charge is 2.12. The van der Waals surface area contributed by atoms with Crippen LogP contribution in [0.5, 0.6) is 11.5 Å². The Bertz CT molecular complexity index is 759. The summed E-state index contributed by atoms with van der Waals surface area (Å²) < 4.78 is 11.1. The lowest BCUT2D eigenvalue weighted by atomic mass is 10.1. The van der Waals surface area contributed by atoms with Crippen molar-refractivity contribution in [1.29, 1.82) is 0 Å². The van der Waals surface area contributed by atoms with Crippen molar-refractivity contribution in [2.45, 2.75) is 26.7 Å². The van der Waals surface area contributed by atoms with Crippen molar-refractivity contribution in [3.8, 4) is 11.5 Å². The Morgan fingerprint density at radius 2 is 1.92 bits per heavy atom. The number of hydrogen-bond donors (Lipinski definition) is 2. The van der Waals surface area contributed by atoms with Gasteiger partial charge < -0.3 is 20.1 Å². The monoisotopic (exact) mass is 340 g/mol. The van der Waals surface area contributed by atoms with E-state index in [0.29, 0.717) is 26.2 Å². The molecule has 1 amide bonds. The maximum absolute atomic E-state index is 12.3. The predicted octanol–water partition coefficient (Wildman–Crippen LogP) is 3.77. The fraction of sp³-hybridized carbons (Fsp3) is 0.350. The smallest absolute Gasteiger partial charge is 0.226 e. The van der Waals surface area contributed by atoms with Gasteiger partial charge in [0.2, 0.25) is 5.91 Å². The third-order valence-electron chi connectivity index (χ3n) is 4.23. The predicted molar refractivity (Wildman–Crippen MR) is 99.7 cm³/mol. The third kappa shape index (κ3) is 4.24. The second kappa shape index (κ2) is 7.92. The largest absolute Gasteiger partial charge is 0.486 e. The van der Waals surface area contributed by atoms with Gasteiger partial charge in [-0.15, -0.1) is 0 Å². The molecule has 3 rings (SSSR count). The van der Waals surface area contributed by atoms with Crippen molar-refractivity contribution < 1.29 is 14.3 Å². The Balaban J connectivity index is 1.53. The number of fused-ring (bicyclic) bond motifs is 1. The average Bonchev–Trinajstić information content (AvgIpc) is 2.63. The van der Waals surface area contributed by atoms with E-state index in [1.54, 1.807) is 0 Å². The first-order valence-corrected chi connectivity index (χ1v) is 8.69. The van der Waals surface area contributed by atoms with Gasteiger partial charge >= 0.3 is 0 Å². The number of amides is 1. The number of aryl methyl sites for hydroxylation is 2. The van der Waals surface area contributed by atoms with Crippen molar-refractivity contribution in [3.05, 3.63) is 47.5 Å². The summed E-state index contributed by atoms with van der Waals surface area (Å²) in [5.74, 6) is 1.52. The molecule has 1 aliphatic heterocycles. The van der Waals surface area contributed by atoms with Crippen LogP contribution in [-0.2, 0) is 11.2 Å². The van der Waals surface area contributed by atoms with E-state index in [4.69, 9.17) is 9.47 Å². The molecule has 0 spiro atoms. The van der Waals surface area contributed by atoms with Gasteiger partial charge in [-0.3, -0.25) is 4.79 Å². The first-order chi connectivity index (χ1) is 12.2. The lowest BCUT2D eigenvalue weighted by Crippen LogP contribution is -2.18. The van der Waals surface area contributed by atoms with E-state index in [1.807, 2.05) is 37.3 Å². The minimum atomic E-state index is 0.00837. The summed E-state index contributed by atoms with van der Waals surface area (Å²) in [4.78, 5) is 12.3. The van der Waals surface area contributed by atoms with Crippen molar-refractivity contribution in [2.24, 2.45) is 0 Å². The number of anilines is 2. The summed E-state index contributed by atoms with van der Waals surface area (Å²) in [6.07, 6.45) is 1.29. The summed E-state index contributed by atoms with van der Waals surface area (Å²) in [6.45, 7) is 5.81. The molecule has 0 bridgehead atoms. The van der Waals surface area contributed by atoms with E-state index >= 15 is 0 Å². The molecule has 1 heterocycles. The molecule has 2 N–H and O–H groups in total. The van der Waals surface area contributed by atoms with Crippen LogP contribution in [0.25, 0.3) is 0 Å². The van der Waals surface area contributed by atoms with Crippen LogP contribution >= 0.6 is 0 Å². The quantitative estimate of drug-likeness (QED) is 0.840. The first-order valence-electron chi connectivity index (χ1n) is 8.69. The summed E-state index contributed by atoms with van der Waals surface area (Å²) in [6, 6.07) is 11.8. The van der Waals surface area contributed by atoms with Gasteiger partial charge in [-0.05, 0) is 36.6 Å². The molecule has 2 aromatic rings. The Morgan fingerprint density at radius 1 is 1.12 bits per heavy atom. The van der Waals surface area contributed by atoms with E-state index < -0.39 is 0 Å². The van der Waals surface area contributed by atoms with Crippen LogP contribution in [0.3, 0.4) is 0 Å². The Morgan fingerprint density at radius 3 is 2.72 bits per heavy atom. The average molecular weight is 340 g/mol. The Hall–Kier alpha value is -2.69. The normalized spacial score (nSPS) is 12.6. The van der Waals surface area contributed by atoms with Crippen molar-refractivity contribution in [2.75, 3.05) is 30.4 Å². The summed E-state index contributed by atoms with van der Waals surface area (Å²) >= 11 is 0. The third-order valence-corrected chi connectivity index (χ3v) is 4.23. The second-order valence-electron chi connectivity index (χ2n) is 6.05. The number of carbonyl (C=O) groups excluding carboxylic acids is 1. The van der Waals surface area contributed by atoms with Crippen LogP contribution in [0.4, 0.5) is 11.4 Å². The maximum Gasteiger partial charge on any atom is 0.226 e. The van der Waals surface area contributed by atoms with Crippen molar-refractivity contribution in [3.63, 3.8) is 0 Å². The molecule has 0 fully saturated rings. The molecule has 0 atom stereocenters. The molecule has 0 aliphatic carbocycles. The van der Waals surface area contributed by atoms with E-state index in [9.17, 15) is 4.79 Å². The molecule has 5 heteroatoms. The topological polar surface area (TPSA) is 59.6 Å².